The van der Waals surface area contributed by atoms with Crippen molar-refractivity contribution in [2.75, 3.05) is 5.32 Å². The number of rotatable bonds is 2. The average Bonchev–Trinajstić information content (AvgIpc) is 2.23. The summed E-state index contributed by atoms with van der Waals surface area (Å²) in [7, 11) is 0. The van der Waals surface area contributed by atoms with E-state index < -0.39 is 0 Å². The largest absolute Gasteiger partial charge is 0.339 e. The fourth-order valence-electron chi connectivity index (χ4n) is 1.22. The van der Waals surface area contributed by atoms with Crippen molar-refractivity contribution in [3.63, 3.8) is 0 Å². The van der Waals surface area contributed by atoms with Crippen LogP contribution >= 0.6 is 0 Å². The second-order valence-corrected chi connectivity index (χ2v) is 3.05. The maximum absolute atomic E-state index is 3.95. The van der Waals surface area contributed by atoms with Gasteiger partial charge in [0.25, 0.3) is 0 Å². The molecule has 0 saturated heterocycles. The molecule has 0 spiro atoms. The first-order valence-corrected chi connectivity index (χ1v) is 4.46. The monoisotopic (exact) mass is 185 g/mol. The highest BCUT2D eigenvalue weighted by Crippen LogP contribution is 2.17. The lowest BCUT2D eigenvalue weighted by atomic mass is 10.2. The van der Waals surface area contributed by atoms with E-state index in [-0.39, 0.29) is 0 Å². The molecule has 0 aliphatic heterocycles. The van der Waals surface area contributed by atoms with Gasteiger partial charge in [0.15, 0.2) is 5.82 Å². The molecular weight excluding hydrogens is 174 g/mol. The summed E-state index contributed by atoms with van der Waals surface area (Å²) < 4.78 is 0. The van der Waals surface area contributed by atoms with Crippen LogP contribution in [0.5, 0.6) is 0 Å². The van der Waals surface area contributed by atoms with Crippen molar-refractivity contribution in [2.45, 2.75) is 6.92 Å². The molecule has 1 N–H and O–H groups in total. The van der Waals surface area contributed by atoms with Gasteiger partial charge in [-0.1, -0.05) is 18.2 Å². The molecule has 0 unspecified atom stereocenters. The first-order chi connectivity index (χ1) is 6.86. The van der Waals surface area contributed by atoms with E-state index in [2.05, 4.69) is 28.5 Å². The molecule has 1 heterocycles. The van der Waals surface area contributed by atoms with Crippen molar-refractivity contribution in [3.05, 3.63) is 48.2 Å². The third-order valence-electron chi connectivity index (χ3n) is 1.98. The van der Waals surface area contributed by atoms with E-state index in [1.807, 2.05) is 30.3 Å². The minimum Gasteiger partial charge on any atom is -0.339 e. The Kier molecular flexibility index (Phi) is 2.40. The number of aromatic nitrogens is 2. The highest BCUT2D eigenvalue weighted by molar-refractivity contribution is 5.59. The molecule has 3 nitrogen and oxygen atoms in total. The van der Waals surface area contributed by atoms with Gasteiger partial charge in [0.1, 0.15) is 0 Å². The van der Waals surface area contributed by atoms with Crippen LogP contribution in [0.15, 0.2) is 42.6 Å². The molecule has 1 aromatic carbocycles. The molecule has 0 amide bonds. The first-order valence-electron chi connectivity index (χ1n) is 4.46. The number of hydrogen-bond acceptors (Lipinski definition) is 3. The molecule has 0 aliphatic carbocycles. The smallest absolute Gasteiger partial charge is 0.153 e. The maximum Gasteiger partial charge on any atom is 0.153 e. The molecule has 0 bridgehead atoms. The zero-order valence-electron chi connectivity index (χ0n) is 7.94. The number of nitrogens with one attached hydrogen (secondary N) is 1. The second kappa shape index (κ2) is 3.87. The second-order valence-electron chi connectivity index (χ2n) is 3.05. The number of benzene rings is 1. The van der Waals surface area contributed by atoms with Crippen molar-refractivity contribution >= 4 is 11.5 Å². The summed E-state index contributed by atoms with van der Waals surface area (Å²) in [5.74, 6) is 0.766. The molecule has 70 valence electrons. The Morgan fingerprint density at radius 3 is 2.64 bits per heavy atom. The van der Waals surface area contributed by atoms with Crippen molar-refractivity contribution in [1.29, 1.82) is 0 Å². The first kappa shape index (κ1) is 8.69. The Bertz CT molecular complexity index is 412. The van der Waals surface area contributed by atoms with Crippen molar-refractivity contribution in [3.8, 4) is 0 Å². The molecule has 0 fully saturated rings. The van der Waals surface area contributed by atoms with Crippen LogP contribution in [0.25, 0.3) is 0 Å². The molecule has 3 heteroatoms. The zero-order valence-corrected chi connectivity index (χ0v) is 7.94. The molecule has 0 saturated carbocycles. The predicted molar refractivity (Wildman–Crippen MR) is 56.5 cm³/mol. The van der Waals surface area contributed by atoms with E-state index in [4.69, 9.17) is 0 Å². The Labute approximate surface area is 82.8 Å². The van der Waals surface area contributed by atoms with Crippen LogP contribution < -0.4 is 5.32 Å². The van der Waals surface area contributed by atoms with Gasteiger partial charge in [-0.3, -0.25) is 0 Å². The van der Waals surface area contributed by atoms with Crippen LogP contribution in [0.4, 0.5) is 11.5 Å². The molecule has 2 aromatic rings. The summed E-state index contributed by atoms with van der Waals surface area (Å²) in [5, 5.41) is 11.0. The fourth-order valence-corrected chi connectivity index (χ4v) is 1.22. The topological polar surface area (TPSA) is 37.8 Å². The minimum absolute atomic E-state index is 0.766. The summed E-state index contributed by atoms with van der Waals surface area (Å²) in [6.07, 6.45) is 1.66. The van der Waals surface area contributed by atoms with Crippen LogP contribution in [0.3, 0.4) is 0 Å². The van der Waals surface area contributed by atoms with Gasteiger partial charge >= 0.3 is 0 Å². The van der Waals surface area contributed by atoms with E-state index in [9.17, 15) is 0 Å². The molecule has 14 heavy (non-hydrogen) atoms. The zero-order chi connectivity index (χ0) is 9.80. The van der Waals surface area contributed by atoms with E-state index in [0.717, 1.165) is 11.5 Å². The lowest BCUT2D eigenvalue weighted by Gasteiger charge is -2.06. The lowest BCUT2D eigenvalue weighted by molar-refractivity contribution is 1.04. The van der Waals surface area contributed by atoms with Crippen molar-refractivity contribution < 1.29 is 0 Å². The molecule has 0 radical (unpaired) electrons. The lowest BCUT2D eigenvalue weighted by Crippen LogP contribution is -1.95. The van der Waals surface area contributed by atoms with Crippen LogP contribution in [-0.2, 0) is 0 Å². The fraction of sp³-hybridized carbons (Fsp3) is 0.0909. The van der Waals surface area contributed by atoms with Gasteiger partial charge in [-0.15, -0.1) is 5.10 Å². The molecule has 0 aliphatic rings. The van der Waals surface area contributed by atoms with Gasteiger partial charge in [0, 0.05) is 11.9 Å². The van der Waals surface area contributed by atoms with Gasteiger partial charge in [-0.25, -0.2) is 0 Å². The Balaban J connectivity index is 2.24. The predicted octanol–water partition coefficient (Wildman–Crippen LogP) is 2.53. The van der Waals surface area contributed by atoms with Crippen molar-refractivity contribution in [1.82, 2.24) is 10.2 Å². The summed E-state index contributed by atoms with van der Waals surface area (Å²) in [6.45, 7) is 2.05. The molecular formula is C11H11N3. The number of aryl methyl sites for hydroxylation is 1. The number of nitrogens with zero attached hydrogens (tertiary/aromatic N) is 2. The quantitative estimate of drug-likeness (QED) is 0.781. The van der Waals surface area contributed by atoms with Crippen LogP contribution in [-0.4, -0.2) is 10.2 Å². The van der Waals surface area contributed by atoms with Gasteiger partial charge in [0.05, 0.1) is 0 Å². The van der Waals surface area contributed by atoms with Gasteiger partial charge in [0.2, 0.25) is 0 Å². The van der Waals surface area contributed by atoms with E-state index in [1.54, 1.807) is 6.20 Å². The SMILES string of the molecule is Cc1ccccc1Nc1cccnn1. The maximum atomic E-state index is 3.95. The molecule has 2 rings (SSSR count). The van der Waals surface area contributed by atoms with Gasteiger partial charge < -0.3 is 5.32 Å². The Hall–Kier alpha value is -1.90. The van der Waals surface area contributed by atoms with Crippen molar-refractivity contribution in [2.24, 2.45) is 0 Å². The third-order valence-corrected chi connectivity index (χ3v) is 1.98. The van der Waals surface area contributed by atoms with E-state index >= 15 is 0 Å². The van der Waals surface area contributed by atoms with E-state index in [0.29, 0.717) is 0 Å². The highest BCUT2D eigenvalue weighted by atomic mass is 15.2. The number of anilines is 2. The summed E-state index contributed by atoms with van der Waals surface area (Å²) in [6, 6.07) is 11.8. The molecule has 1 aromatic heterocycles. The Morgan fingerprint density at radius 2 is 1.93 bits per heavy atom. The molecule has 0 atom stereocenters. The normalized spacial score (nSPS) is 9.79. The van der Waals surface area contributed by atoms with Gasteiger partial charge in [-0.2, -0.15) is 5.10 Å². The standard InChI is InChI=1S/C11H11N3/c1-9-5-2-3-6-10(9)13-11-7-4-8-12-14-11/h2-8H,1H3,(H,13,14). The minimum atomic E-state index is 0.766. The van der Waals surface area contributed by atoms with Gasteiger partial charge in [-0.05, 0) is 30.7 Å². The highest BCUT2D eigenvalue weighted by Gasteiger charge is 1.97. The number of para-hydroxylation sites is 1. The average molecular weight is 185 g/mol. The van der Waals surface area contributed by atoms with Crippen LogP contribution in [0.2, 0.25) is 0 Å². The summed E-state index contributed by atoms with van der Waals surface area (Å²) >= 11 is 0. The third kappa shape index (κ3) is 1.88. The summed E-state index contributed by atoms with van der Waals surface area (Å²) in [5.41, 5.74) is 2.26. The van der Waals surface area contributed by atoms with E-state index in [1.165, 1.54) is 5.56 Å². The van der Waals surface area contributed by atoms with Crippen LogP contribution in [0.1, 0.15) is 5.56 Å². The van der Waals surface area contributed by atoms with Crippen LogP contribution in [0, 0.1) is 6.92 Å². The Morgan fingerprint density at radius 1 is 1.07 bits per heavy atom. The summed E-state index contributed by atoms with van der Waals surface area (Å²) in [4.78, 5) is 0. The number of hydrogen-bond donors (Lipinski definition) is 1.